The summed E-state index contributed by atoms with van der Waals surface area (Å²) < 4.78 is 5.93. The largest absolute Gasteiger partial charge is 0.488 e. The highest BCUT2D eigenvalue weighted by molar-refractivity contribution is 5.22. The van der Waals surface area contributed by atoms with Crippen molar-refractivity contribution in [1.82, 2.24) is 5.32 Å². The van der Waals surface area contributed by atoms with Gasteiger partial charge in [-0.2, -0.15) is 0 Å². The third-order valence-electron chi connectivity index (χ3n) is 2.81. The van der Waals surface area contributed by atoms with Gasteiger partial charge in [0.2, 0.25) is 0 Å². The van der Waals surface area contributed by atoms with E-state index in [0.29, 0.717) is 0 Å². The molecule has 0 radical (unpaired) electrons. The molecule has 1 aliphatic rings. The Morgan fingerprint density at radius 3 is 2.57 bits per heavy atom. The second-order valence-corrected chi connectivity index (χ2v) is 4.36. The minimum atomic E-state index is 0.0931. The summed E-state index contributed by atoms with van der Waals surface area (Å²) in [6.07, 6.45) is 1.37. The summed E-state index contributed by atoms with van der Waals surface area (Å²) in [4.78, 5) is 0. The normalized spacial score (nSPS) is 24.9. The summed E-state index contributed by atoms with van der Waals surface area (Å²) in [5.41, 5.74) is 0.0931. The second-order valence-electron chi connectivity index (χ2n) is 4.36. The highest BCUT2D eigenvalue weighted by Gasteiger charge is 2.35. The molecule has 1 heterocycles. The predicted octanol–water partition coefficient (Wildman–Crippen LogP) is 2.21. The third-order valence-corrected chi connectivity index (χ3v) is 2.81. The van der Waals surface area contributed by atoms with Gasteiger partial charge in [-0.1, -0.05) is 18.2 Å². The van der Waals surface area contributed by atoms with Crippen LogP contribution in [0.4, 0.5) is 0 Å². The molecule has 1 aliphatic heterocycles. The lowest BCUT2D eigenvalue weighted by molar-refractivity contribution is 0.143. The highest BCUT2D eigenvalue weighted by atomic mass is 16.5. The van der Waals surface area contributed by atoms with Crippen LogP contribution in [0.5, 0.6) is 5.75 Å². The molecule has 1 atom stereocenters. The molecule has 1 unspecified atom stereocenters. The number of nitrogens with one attached hydrogen (secondary N) is 1. The van der Waals surface area contributed by atoms with Gasteiger partial charge in [0.05, 0.1) is 0 Å². The fourth-order valence-electron chi connectivity index (χ4n) is 1.87. The van der Waals surface area contributed by atoms with E-state index in [4.69, 9.17) is 4.74 Å². The van der Waals surface area contributed by atoms with Crippen LogP contribution in [0.3, 0.4) is 0 Å². The highest BCUT2D eigenvalue weighted by Crippen LogP contribution is 2.24. The van der Waals surface area contributed by atoms with Crippen molar-refractivity contribution in [1.29, 1.82) is 0 Å². The topological polar surface area (TPSA) is 21.3 Å². The summed E-state index contributed by atoms with van der Waals surface area (Å²) in [7, 11) is 0. The van der Waals surface area contributed by atoms with E-state index < -0.39 is 0 Å². The lowest BCUT2D eigenvalue weighted by atomic mass is 10.00. The first kappa shape index (κ1) is 9.53. The zero-order valence-electron chi connectivity index (χ0n) is 8.79. The van der Waals surface area contributed by atoms with Crippen LogP contribution < -0.4 is 10.1 Å². The SMILES string of the molecule is CC1(C)NCCC1Oc1ccccc1. The van der Waals surface area contributed by atoms with Crippen LogP contribution in [0.25, 0.3) is 0 Å². The summed E-state index contributed by atoms with van der Waals surface area (Å²) >= 11 is 0. The number of benzene rings is 1. The number of ether oxygens (including phenoxy) is 1. The fraction of sp³-hybridized carbons (Fsp3) is 0.500. The molecule has 0 saturated carbocycles. The van der Waals surface area contributed by atoms with E-state index in [1.807, 2.05) is 30.3 Å². The molecular formula is C12H17NO. The van der Waals surface area contributed by atoms with Crippen LogP contribution in [-0.4, -0.2) is 18.2 Å². The van der Waals surface area contributed by atoms with Crippen molar-refractivity contribution >= 4 is 0 Å². The van der Waals surface area contributed by atoms with Crippen LogP contribution in [-0.2, 0) is 0 Å². The van der Waals surface area contributed by atoms with Crippen molar-refractivity contribution in [2.45, 2.75) is 31.9 Å². The van der Waals surface area contributed by atoms with Gasteiger partial charge in [0, 0.05) is 5.54 Å². The van der Waals surface area contributed by atoms with Gasteiger partial charge in [-0.15, -0.1) is 0 Å². The average molecular weight is 191 g/mol. The molecule has 0 spiro atoms. The van der Waals surface area contributed by atoms with E-state index in [1.54, 1.807) is 0 Å². The van der Waals surface area contributed by atoms with Crippen molar-refractivity contribution in [2.24, 2.45) is 0 Å². The Morgan fingerprint density at radius 2 is 2.00 bits per heavy atom. The molecule has 2 heteroatoms. The summed E-state index contributed by atoms with van der Waals surface area (Å²) in [5, 5.41) is 3.44. The first-order valence-corrected chi connectivity index (χ1v) is 5.15. The zero-order valence-corrected chi connectivity index (χ0v) is 8.79. The second kappa shape index (κ2) is 3.62. The summed E-state index contributed by atoms with van der Waals surface area (Å²) in [5.74, 6) is 0.967. The smallest absolute Gasteiger partial charge is 0.119 e. The molecule has 14 heavy (non-hydrogen) atoms. The quantitative estimate of drug-likeness (QED) is 0.773. The van der Waals surface area contributed by atoms with Gasteiger partial charge in [-0.05, 0) is 38.9 Å². The van der Waals surface area contributed by atoms with Crippen molar-refractivity contribution < 1.29 is 4.74 Å². The van der Waals surface area contributed by atoms with Crippen LogP contribution in [0, 0.1) is 0 Å². The average Bonchev–Trinajstić information content (AvgIpc) is 2.48. The monoisotopic (exact) mass is 191 g/mol. The zero-order chi connectivity index (χ0) is 10.0. The predicted molar refractivity (Wildman–Crippen MR) is 57.6 cm³/mol. The van der Waals surface area contributed by atoms with Crippen molar-refractivity contribution in [3.05, 3.63) is 30.3 Å². The lowest BCUT2D eigenvalue weighted by Gasteiger charge is -2.27. The van der Waals surface area contributed by atoms with Crippen LogP contribution in [0.2, 0.25) is 0 Å². The van der Waals surface area contributed by atoms with Gasteiger partial charge in [0.1, 0.15) is 11.9 Å². The molecule has 1 N–H and O–H groups in total. The molecule has 1 aromatic rings. The molecule has 2 nitrogen and oxygen atoms in total. The minimum absolute atomic E-state index is 0.0931. The van der Waals surface area contributed by atoms with E-state index in [-0.39, 0.29) is 11.6 Å². The van der Waals surface area contributed by atoms with E-state index >= 15 is 0 Å². The molecular weight excluding hydrogens is 174 g/mol. The van der Waals surface area contributed by atoms with Crippen LogP contribution in [0.1, 0.15) is 20.3 Å². The third kappa shape index (κ3) is 1.90. The molecule has 76 valence electrons. The van der Waals surface area contributed by atoms with Gasteiger partial charge < -0.3 is 10.1 Å². The van der Waals surface area contributed by atoms with E-state index in [2.05, 4.69) is 19.2 Å². The van der Waals surface area contributed by atoms with E-state index in [9.17, 15) is 0 Å². The maximum Gasteiger partial charge on any atom is 0.119 e. The number of hydrogen-bond acceptors (Lipinski definition) is 2. The molecule has 0 aliphatic carbocycles. The lowest BCUT2D eigenvalue weighted by Crippen LogP contribution is -2.44. The van der Waals surface area contributed by atoms with Crippen molar-refractivity contribution in [2.75, 3.05) is 6.54 Å². The Hall–Kier alpha value is -1.02. The Labute approximate surface area is 85.3 Å². The van der Waals surface area contributed by atoms with E-state index in [1.165, 1.54) is 0 Å². The molecule has 1 aromatic carbocycles. The molecule has 0 bridgehead atoms. The molecule has 0 aromatic heterocycles. The molecule has 1 fully saturated rings. The number of rotatable bonds is 2. The Bertz CT molecular complexity index is 294. The van der Waals surface area contributed by atoms with Crippen molar-refractivity contribution in [3.63, 3.8) is 0 Å². The first-order chi connectivity index (χ1) is 6.68. The Balaban J connectivity index is 2.05. The van der Waals surface area contributed by atoms with Crippen LogP contribution in [0.15, 0.2) is 30.3 Å². The Kier molecular flexibility index (Phi) is 2.46. The Morgan fingerprint density at radius 1 is 1.29 bits per heavy atom. The van der Waals surface area contributed by atoms with Crippen molar-refractivity contribution in [3.8, 4) is 5.75 Å². The fourth-order valence-corrected chi connectivity index (χ4v) is 1.87. The summed E-state index contributed by atoms with van der Waals surface area (Å²) in [6.45, 7) is 5.42. The number of para-hydroxylation sites is 1. The maximum absolute atomic E-state index is 5.93. The standard InChI is InChI=1S/C12H17NO/c1-12(2)11(8-9-13-12)14-10-6-4-3-5-7-10/h3-7,11,13H,8-9H2,1-2H3. The van der Waals surface area contributed by atoms with Gasteiger partial charge >= 0.3 is 0 Å². The van der Waals surface area contributed by atoms with Gasteiger partial charge in [-0.25, -0.2) is 0 Å². The molecule has 0 amide bonds. The first-order valence-electron chi connectivity index (χ1n) is 5.15. The van der Waals surface area contributed by atoms with Gasteiger partial charge in [0.25, 0.3) is 0 Å². The van der Waals surface area contributed by atoms with Gasteiger partial charge in [-0.3, -0.25) is 0 Å². The molecule has 1 saturated heterocycles. The van der Waals surface area contributed by atoms with E-state index in [0.717, 1.165) is 18.7 Å². The minimum Gasteiger partial charge on any atom is -0.488 e. The molecule has 2 rings (SSSR count). The maximum atomic E-state index is 5.93. The summed E-state index contributed by atoms with van der Waals surface area (Å²) in [6, 6.07) is 10.0. The number of hydrogen-bond donors (Lipinski definition) is 1. The van der Waals surface area contributed by atoms with Crippen LogP contribution >= 0.6 is 0 Å². The van der Waals surface area contributed by atoms with Gasteiger partial charge in [0.15, 0.2) is 0 Å².